The average molecular weight is 496 g/mol. The number of halogens is 1. The first kappa shape index (κ1) is 25.2. The summed E-state index contributed by atoms with van der Waals surface area (Å²) in [5.41, 5.74) is 5.69. The molecular weight excluding hydrogens is 461 g/mol. The predicted octanol–water partition coefficient (Wildman–Crippen LogP) is 7.08. The van der Waals surface area contributed by atoms with Gasteiger partial charge in [-0.05, 0) is 105 Å². The SMILES string of the molecule is CC(C)N(CCCc1c[nH]c2ccccc12)CCCC1(c2ccc(F)cc2)OCc2cc(C#N)ccc21. The zero-order chi connectivity index (χ0) is 25.8. The van der Waals surface area contributed by atoms with Crippen molar-refractivity contribution in [3.05, 3.63) is 107 Å². The normalized spacial score (nSPS) is 17.0. The molecular formula is C32H34FN3O. The van der Waals surface area contributed by atoms with Crippen molar-refractivity contribution < 1.29 is 9.13 Å². The summed E-state index contributed by atoms with van der Waals surface area (Å²) in [5, 5.41) is 10.7. The van der Waals surface area contributed by atoms with Crippen molar-refractivity contribution in [2.75, 3.05) is 13.1 Å². The van der Waals surface area contributed by atoms with E-state index in [0.29, 0.717) is 18.2 Å². The molecule has 1 aliphatic heterocycles. The van der Waals surface area contributed by atoms with Crippen molar-refractivity contribution in [1.82, 2.24) is 9.88 Å². The van der Waals surface area contributed by atoms with Crippen molar-refractivity contribution in [2.24, 2.45) is 0 Å². The van der Waals surface area contributed by atoms with Gasteiger partial charge in [0.25, 0.3) is 0 Å². The lowest BCUT2D eigenvalue weighted by Gasteiger charge is -2.33. The van der Waals surface area contributed by atoms with Crippen LogP contribution in [0.5, 0.6) is 0 Å². The third-order valence-corrected chi connectivity index (χ3v) is 7.72. The lowest BCUT2D eigenvalue weighted by molar-refractivity contribution is -0.0151. The van der Waals surface area contributed by atoms with E-state index in [2.05, 4.69) is 60.3 Å². The van der Waals surface area contributed by atoms with Crippen molar-refractivity contribution in [3.8, 4) is 6.07 Å². The zero-order valence-corrected chi connectivity index (χ0v) is 21.6. The largest absolute Gasteiger partial charge is 0.361 e. The first-order valence-electron chi connectivity index (χ1n) is 13.2. The molecule has 4 aromatic rings. The molecule has 37 heavy (non-hydrogen) atoms. The smallest absolute Gasteiger partial charge is 0.123 e. The number of nitrogens with zero attached hydrogens (tertiary/aromatic N) is 2. The number of aryl methyl sites for hydroxylation is 1. The fourth-order valence-corrected chi connectivity index (χ4v) is 5.73. The minimum atomic E-state index is -0.621. The van der Waals surface area contributed by atoms with E-state index >= 15 is 0 Å². The fourth-order valence-electron chi connectivity index (χ4n) is 5.73. The van der Waals surface area contributed by atoms with Gasteiger partial charge in [-0.1, -0.05) is 36.4 Å². The minimum absolute atomic E-state index is 0.252. The van der Waals surface area contributed by atoms with Gasteiger partial charge in [-0.25, -0.2) is 4.39 Å². The van der Waals surface area contributed by atoms with Gasteiger partial charge in [-0.2, -0.15) is 5.26 Å². The molecule has 1 aromatic heterocycles. The third-order valence-electron chi connectivity index (χ3n) is 7.72. The molecule has 0 aliphatic carbocycles. The fraction of sp³-hybridized carbons (Fsp3) is 0.344. The van der Waals surface area contributed by atoms with Crippen molar-refractivity contribution >= 4 is 10.9 Å². The number of nitriles is 1. The molecule has 1 unspecified atom stereocenters. The summed E-state index contributed by atoms with van der Waals surface area (Å²) in [6.07, 6.45) is 6.03. The van der Waals surface area contributed by atoms with Crippen LogP contribution < -0.4 is 0 Å². The molecule has 5 heteroatoms. The van der Waals surface area contributed by atoms with Gasteiger partial charge in [-0.3, -0.25) is 0 Å². The number of para-hydroxylation sites is 1. The molecule has 3 aromatic carbocycles. The van der Waals surface area contributed by atoms with Crippen LogP contribution in [0.25, 0.3) is 10.9 Å². The highest BCUT2D eigenvalue weighted by Crippen LogP contribution is 2.45. The van der Waals surface area contributed by atoms with Crippen LogP contribution in [0.2, 0.25) is 0 Å². The molecule has 0 amide bonds. The number of aromatic amines is 1. The van der Waals surface area contributed by atoms with Gasteiger partial charge in [0.15, 0.2) is 0 Å². The summed E-state index contributed by atoms with van der Waals surface area (Å²) in [6.45, 7) is 6.96. The number of hydrogen-bond donors (Lipinski definition) is 1. The molecule has 0 saturated carbocycles. The highest BCUT2D eigenvalue weighted by atomic mass is 19.1. The Morgan fingerprint density at radius 1 is 1.05 bits per heavy atom. The Kier molecular flexibility index (Phi) is 7.41. The summed E-state index contributed by atoms with van der Waals surface area (Å²) >= 11 is 0. The molecule has 1 N–H and O–H groups in total. The summed E-state index contributed by atoms with van der Waals surface area (Å²) in [7, 11) is 0. The van der Waals surface area contributed by atoms with Gasteiger partial charge >= 0.3 is 0 Å². The molecule has 0 fully saturated rings. The van der Waals surface area contributed by atoms with Crippen molar-refractivity contribution in [3.63, 3.8) is 0 Å². The molecule has 0 radical (unpaired) electrons. The molecule has 5 rings (SSSR count). The number of rotatable bonds is 10. The number of nitrogens with one attached hydrogen (secondary N) is 1. The summed E-state index contributed by atoms with van der Waals surface area (Å²) in [6, 6.07) is 23.6. The molecule has 190 valence electrons. The second kappa shape index (κ2) is 10.9. The van der Waals surface area contributed by atoms with E-state index in [1.165, 1.54) is 28.6 Å². The Bertz CT molecular complexity index is 1400. The Morgan fingerprint density at radius 2 is 1.84 bits per heavy atom. The van der Waals surface area contributed by atoms with Gasteiger partial charge in [0.05, 0.1) is 18.2 Å². The monoisotopic (exact) mass is 495 g/mol. The van der Waals surface area contributed by atoms with E-state index in [4.69, 9.17) is 4.74 Å². The Morgan fingerprint density at radius 3 is 2.62 bits per heavy atom. The second-order valence-corrected chi connectivity index (χ2v) is 10.3. The Balaban J connectivity index is 1.28. The van der Waals surface area contributed by atoms with Crippen LogP contribution in [-0.2, 0) is 23.4 Å². The maximum atomic E-state index is 13.8. The van der Waals surface area contributed by atoms with Gasteiger partial charge in [0.1, 0.15) is 11.4 Å². The van der Waals surface area contributed by atoms with Crippen LogP contribution in [0.1, 0.15) is 60.9 Å². The van der Waals surface area contributed by atoms with Crippen molar-refractivity contribution in [1.29, 1.82) is 5.26 Å². The molecule has 4 nitrogen and oxygen atoms in total. The topological polar surface area (TPSA) is 52.0 Å². The summed E-state index contributed by atoms with van der Waals surface area (Å²) in [4.78, 5) is 5.93. The lowest BCUT2D eigenvalue weighted by Crippen LogP contribution is -2.35. The first-order valence-corrected chi connectivity index (χ1v) is 13.2. The average Bonchev–Trinajstić information content (AvgIpc) is 3.50. The van der Waals surface area contributed by atoms with Gasteiger partial charge < -0.3 is 14.6 Å². The van der Waals surface area contributed by atoms with E-state index in [0.717, 1.165) is 55.5 Å². The number of benzene rings is 3. The van der Waals surface area contributed by atoms with Crippen molar-refractivity contribution in [2.45, 2.75) is 57.8 Å². The molecule has 2 heterocycles. The van der Waals surface area contributed by atoms with E-state index in [1.54, 1.807) is 0 Å². The Hall–Kier alpha value is -3.46. The van der Waals surface area contributed by atoms with Crippen LogP contribution in [0, 0.1) is 17.1 Å². The van der Waals surface area contributed by atoms with E-state index in [-0.39, 0.29) is 5.82 Å². The molecule has 0 bridgehead atoms. The zero-order valence-electron chi connectivity index (χ0n) is 21.6. The number of hydrogen-bond acceptors (Lipinski definition) is 3. The summed E-state index contributed by atoms with van der Waals surface area (Å²) < 4.78 is 20.3. The van der Waals surface area contributed by atoms with Crippen LogP contribution >= 0.6 is 0 Å². The quantitative estimate of drug-likeness (QED) is 0.256. The number of aromatic nitrogens is 1. The lowest BCUT2D eigenvalue weighted by atomic mass is 9.81. The highest BCUT2D eigenvalue weighted by molar-refractivity contribution is 5.83. The standard InChI is InChI=1S/C32H34FN3O/c1-23(2)36(17-5-7-25-21-35-31-9-4-3-8-29(25)31)18-6-16-32(27-11-13-28(33)14-12-27)30-15-10-24(20-34)19-26(30)22-37-32/h3-4,8-15,19,21,23,35H,5-7,16-18,22H2,1-2H3. The number of fused-ring (bicyclic) bond motifs is 2. The molecule has 0 spiro atoms. The molecule has 1 aliphatic rings. The van der Waals surface area contributed by atoms with E-state index in [1.807, 2.05) is 30.3 Å². The van der Waals surface area contributed by atoms with E-state index in [9.17, 15) is 9.65 Å². The Labute approximate surface area is 218 Å². The minimum Gasteiger partial charge on any atom is -0.361 e. The maximum absolute atomic E-state index is 13.8. The van der Waals surface area contributed by atoms with Gasteiger partial charge in [-0.15, -0.1) is 0 Å². The van der Waals surface area contributed by atoms with Crippen LogP contribution in [0.3, 0.4) is 0 Å². The van der Waals surface area contributed by atoms with E-state index < -0.39 is 5.60 Å². The maximum Gasteiger partial charge on any atom is 0.123 e. The first-order chi connectivity index (χ1) is 18.0. The van der Waals surface area contributed by atoms with Gasteiger partial charge in [0, 0.05) is 23.1 Å². The molecule has 0 saturated heterocycles. The summed E-state index contributed by atoms with van der Waals surface area (Å²) in [5.74, 6) is -0.252. The highest BCUT2D eigenvalue weighted by Gasteiger charge is 2.41. The second-order valence-electron chi connectivity index (χ2n) is 10.3. The number of ether oxygens (including phenoxy) is 1. The third kappa shape index (κ3) is 5.18. The van der Waals surface area contributed by atoms with Crippen LogP contribution in [-0.4, -0.2) is 29.0 Å². The predicted molar refractivity (Wildman–Crippen MR) is 146 cm³/mol. The number of H-pyrrole nitrogens is 1. The van der Waals surface area contributed by atoms with Crippen LogP contribution in [0.4, 0.5) is 4.39 Å². The van der Waals surface area contributed by atoms with Gasteiger partial charge in [0.2, 0.25) is 0 Å². The van der Waals surface area contributed by atoms with Crippen LogP contribution in [0.15, 0.2) is 72.9 Å². The molecule has 1 atom stereocenters.